The quantitative estimate of drug-likeness (QED) is 0.398. The van der Waals surface area contributed by atoms with Gasteiger partial charge in [0.05, 0.1) is 0 Å². The van der Waals surface area contributed by atoms with Crippen LogP contribution in [0.3, 0.4) is 0 Å². The van der Waals surface area contributed by atoms with Crippen LogP contribution in [0.25, 0.3) is 0 Å². The van der Waals surface area contributed by atoms with Crippen LogP contribution in [0.4, 0.5) is 0 Å². The third-order valence-electron chi connectivity index (χ3n) is 1.42. The normalized spacial score (nSPS) is 9.56. The van der Waals surface area contributed by atoms with Crippen molar-refractivity contribution in [2.75, 3.05) is 0 Å². The lowest BCUT2D eigenvalue weighted by Crippen LogP contribution is -1.79. The molecule has 0 fully saturated rings. The van der Waals surface area contributed by atoms with Gasteiger partial charge in [-0.15, -0.1) is 0 Å². The van der Waals surface area contributed by atoms with E-state index in [1.807, 2.05) is 0 Å². The van der Waals surface area contributed by atoms with Crippen molar-refractivity contribution in [2.45, 2.75) is 45.3 Å². The second-order valence-electron chi connectivity index (χ2n) is 2.36. The summed E-state index contributed by atoms with van der Waals surface area (Å²) in [7, 11) is 0. The first-order valence-corrected chi connectivity index (χ1v) is 4.27. The minimum Gasteiger partial charge on any atom is -0.204 e. The van der Waals surface area contributed by atoms with Crippen LogP contribution in [0, 0.1) is 0 Å². The average molecular weight is 145 g/mol. The molecular weight excluding hydrogens is 130 g/mol. The molecule has 0 aromatic rings. The second-order valence-corrected chi connectivity index (χ2v) is 2.67. The standard InChI is InChI=1S/C7H15BCl/c1-2-3-4-5-6-7-8-9/h2-7H2,1H3. The zero-order valence-electron chi connectivity index (χ0n) is 6.20. The fourth-order valence-corrected chi connectivity index (χ4v) is 0.979. The van der Waals surface area contributed by atoms with Crippen LogP contribution < -0.4 is 0 Å². The predicted molar refractivity (Wildman–Crippen MR) is 45.2 cm³/mol. The van der Waals surface area contributed by atoms with Gasteiger partial charge in [0.2, 0.25) is 6.69 Å². The summed E-state index contributed by atoms with van der Waals surface area (Å²) in [5.41, 5.74) is 0. The lowest BCUT2D eigenvalue weighted by atomic mass is 9.97. The van der Waals surface area contributed by atoms with E-state index in [2.05, 4.69) is 6.92 Å². The summed E-state index contributed by atoms with van der Waals surface area (Å²) in [5, 5.41) is 0. The number of halogens is 1. The number of unbranched alkanes of at least 4 members (excludes halogenated alkanes) is 4. The summed E-state index contributed by atoms with van der Waals surface area (Å²) in [6.07, 6.45) is 7.76. The van der Waals surface area contributed by atoms with Crippen LogP contribution in [0.5, 0.6) is 0 Å². The smallest absolute Gasteiger partial charge is 0.204 e. The molecule has 0 atom stereocenters. The van der Waals surface area contributed by atoms with Crippen LogP contribution in [-0.2, 0) is 0 Å². The highest BCUT2D eigenvalue weighted by atomic mass is 35.5. The van der Waals surface area contributed by atoms with Crippen molar-refractivity contribution in [3.63, 3.8) is 0 Å². The van der Waals surface area contributed by atoms with E-state index < -0.39 is 0 Å². The summed E-state index contributed by atoms with van der Waals surface area (Å²) in [6, 6.07) is 0. The van der Waals surface area contributed by atoms with Crippen molar-refractivity contribution in [1.29, 1.82) is 0 Å². The molecule has 53 valence electrons. The fraction of sp³-hybridized carbons (Fsp3) is 1.00. The van der Waals surface area contributed by atoms with E-state index in [0.717, 1.165) is 6.32 Å². The maximum Gasteiger partial charge on any atom is 0.238 e. The first-order valence-electron chi connectivity index (χ1n) is 3.83. The molecule has 0 aromatic carbocycles. The van der Waals surface area contributed by atoms with Gasteiger partial charge in [-0.25, -0.2) is 11.5 Å². The molecule has 0 spiro atoms. The minimum atomic E-state index is 1.07. The maximum absolute atomic E-state index is 5.39. The second kappa shape index (κ2) is 8.35. The van der Waals surface area contributed by atoms with Gasteiger partial charge in [0.1, 0.15) is 0 Å². The molecular formula is C7H15BCl. The van der Waals surface area contributed by atoms with E-state index in [1.54, 1.807) is 6.69 Å². The largest absolute Gasteiger partial charge is 0.238 e. The van der Waals surface area contributed by atoms with E-state index in [1.165, 1.54) is 32.1 Å². The summed E-state index contributed by atoms with van der Waals surface area (Å²) in [6.45, 7) is 3.96. The molecule has 0 aromatic heterocycles. The SMILES string of the molecule is CCCCCCC[B]Cl. The Morgan fingerprint density at radius 3 is 2.33 bits per heavy atom. The molecule has 0 aliphatic rings. The monoisotopic (exact) mass is 145 g/mol. The fourth-order valence-electron chi connectivity index (χ4n) is 0.825. The molecule has 0 bridgehead atoms. The van der Waals surface area contributed by atoms with Gasteiger partial charge in [-0.3, -0.25) is 0 Å². The molecule has 0 rings (SSSR count). The third kappa shape index (κ3) is 8.35. The molecule has 0 nitrogen and oxygen atoms in total. The van der Waals surface area contributed by atoms with E-state index in [9.17, 15) is 0 Å². The number of hydrogen-bond acceptors (Lipinski definition) is 0. The van der Waals surface area contributed by atoms with Crippen LogP contribution in [0.15, 0.2) is 0 Å². The van der Waals surface area contributed by atoms with E-state index in [4.69, 9.17) is 11.5 Å². The Kier molecular flexibility index (Phi) is 8.68. The Balaban J connectivity index is 2.60. The molecule has 0 N–H and O–H groups in total. The Morgan fingerprint density at radius 1 is 1.11 bits per heavy atom. The lowest BCUT2D eigenvalue weighted by molar-refractivity contribution is 0.656. The molecule has 9 heavy (non-hydrogen) atoms. The number of hydrogen-bond donors (Lipinski definition) is 0. The summed E-state index contributed by atoms with van der Waals surface area (Å²) in [5.74, 6) is 0. The molecule has 0 aliphatic carbocycles. The number of rotatable bonds is 6. The van der Waals surface area contributed by atoms with Crippen LogP contribution in [-0.4, -0.2) is 6.69 Å². The molecule has 0 heterocycles. The first kappa shape index (κ1) is 9.35. The van der Waals surface area contributed by atoms with Gasteiger partial charge < -0.3 is 0 Å². The first-order chi connectivity index (χ1) is 4.41. The van der Waals surface area contributed by atoms with E-state index in [-0.39, 0.29) is 0 Å². The zero-order chi connectivity index (χ0) is 6.95. The Labute approximate surface area is 64.1 Å². The third-order valence-corrected chi connectivity index (χ3v) is 1.64. The Hall–Kier alpha value is 0.355. The minimum absolute atomic E-state index is 1.07. The topological polar surface area (TPSA) is 0 Å². The maximum atomic E-state index is 5.39. The van der Waals surface area contributed by atoms with E-state index in [0.29, 0.717) is 0 Å². The Bertz CT molecular complexity index is 42.2. The predicted octanol–water partition coefficient (Wildman–Crippen LogP) is 3.23. The molecule has 0 amide bonds. The molecule has 2 heteroatoms. The zero-order valence-corrected chi connectivity index (χ0v) is 6.95. The van der Waals surface area contributed by atoms with Gasteiger partial charge >= 0.3 is 0 Å². The highest BCUT2D eigenvalue weighted by Crippen LogP contribution is 2.04. The summed E-state index contributed by atoms with van der Waals surface area (Å²) < 4.78 is 0. The van der Waals surface area contributed by atoms with Gasteiger partial charge in [-0.05, 0) is 0 Å². The van der Waals surface area contributed by atoms with Crippen LogP contribution in [0.1, 0.15) is 39.0 Å². The van der Waals surface area contributed by atoms with Crippen molar-refractivity contribution < 1.29 is 0 Å². The molecule has 1 radical (unpaired) electrons. The van der Waals surface area contributed by atoms with Crippen molar-refractivity contribution in [2.24, 2.45) is 0 Å². The van der Waals surface area contributed by atoms with Gasteiger partial charge in [-0.1, -0.05) is 45.3 Å². The van der Waals surface area contributed by atoms with Crippen molar-refractivity contribution in [1.82, 2.24) is 0 Å². The lowest BCUT2D eigenvalue weighted by Gasteiger charge is -1.94. The van der Waals surface area contributed by atoms with Crippen LogP contribution >= 0.6 is 11.5 Å². The van der Waals surface area contributed by atoms with Gasteiger partial charge in [-0.2, -0.15) is 0 Å². The van der Waals surface area contributed by atoms with Gasteiger partial charge in [0.25, 0.3) is 0 Å². The highest BCUT2D eigenvalue weighted by molar-refractivity contribution is 6.93. The van der Waals surface area contributed by atoms with Crippen molar-refractivity contribution >= 4 is 18.2 Å². The Morgan fingerprint density at radius 2 is 1.78 bits per heavy atom. The van der Waals surface area contributed by atoms with Crippen molar-refractivity contribution in [3.8, 4) is 0 Å². The van der Waals surface area contributed by atoms with Gasteiger partial charge in [0, 0.05) is 0 Å². The van der Waals surface area contributed by atoms with Crippen LogP contribution in [0.2, 0.25) is 6.32 Å². The average Bonchev–Trinajstić information content (AvgIpc) is 1.89. The van der Waals surface area contributed by atoms with Gasteiger partial charge in [0.15, 0.2) is 0 Å². The summed E-state index contributed by atoms with van der Waals surface area (Å²) >= 11 is 5.39. The van der Waals surface area contributed by atoms with Crippen molar-refractivity contribution in [3.05, 3.63) is 0 Å². The molecule has 0 aliphatic heterocycles. The molecule has 0 saturated carbocycles. The molecule has 0 saturated heterocycles. The van der Waals surface area contributed by atoms with E-state index >= 15 is 0 Å². The molecule has 0 unspecified atom stereocenters. The summed E-state index contributed by atoms with van der Waals surface area (Å²) in [4.78, 5) is 0. The highest BCUT2D eigenvalue weighted by Gasteiger charge is 1.87.